The molecule has 1 fully saturated rings. The van der Waals surface area contributed by atoms with Crippen molar-refractivity contribution in [3.8, 4) is 0 Å². The molecule has 22 heavy (non-hydrogen) atoms. The van der Waals surface area contributed by atoms with Crippen LogP contribution in [0.2, 0.25) is 0 Å². The molecule has 4 aliphatic carbocycles. The maximum absolute atomic E-state index is 9.45. The van der Waals surface area contributed by atoms with E-state index in [1.165, 1.54) is 46.3 Å². The van der Waals surface area contributed by atoms with E-state index in [1.54, 1.807) is 0 Å². The summed E-state index contributed by atoms with van der Waals surface area (Å²) in [5.41, 5.74) is 5.15. The molecule has 6 radical (unpaired) electrons. The van der Waals surface area contributed by atoms with Crippen molar-refractivity contribution in [1.29, 1.82) is 0 Å². The summed E-state index contributed by atoms with van der Waals surface area (Å²) in [4.78, 5) is 0. The number of allylic oxidation sites excluding steroid dienone is 5. The van der Waals surface area contributed by atoms with Gasteiger partial charge in [-0.15, -0.1) is 0 Å². The van der Waals surface area contributed by atoms with Crippen molar-refractivity contribution in [3.63, 3.8) is 0 Å². The molecule has 1 unspecified atom stereocenters. The third-order valence-electron chi connectivity index (χ3n) is 5.39. The number of rotatable bonds is 0. The molecule has 118 valence electrons. The monoisotopic (exact) mass is 338 g/mol. The summed E-state index contributed by atoms with van der Waals surface area (Å²) in [5.74, 6) is 7.34. The third-order valence-corrected chi connectivity index (χ3v) is 5.39. The Labute approximate surface area is 145 Å². The van der Waals surface area contributed by atoms with Gasteiger partial charge in [-0.3, -0.25) is 0 Å². The Morgan fingerprint density at radius 3 is 1.82 bits per heavy atom. The first-order valence-electron chi connectivity index (χ1n) is 7.64. The van der Waals surface area contributed by atoms with E-state index in [2.05, 4.69) is 46.8 Å². The number of hydrogen-bond acceptors (Lipinski definition) is 1. The van der Waals surface area contributed by atoms with Crippen LogP contribution in [0.5, 0.6) is 0 Å². The van der Waals surface area contributed by atoms with Gasteiger partial charge in [0.05, 0.1) is 6.10 Å². The SMILES string of the molecule is C[C]1[C](C)[C](C)[C](C)[C]1C.OC1C=CC2=C1C1=C2CC=C1.[Co]. The van der Waals surface area contributed by atoms with Crippen molar-refractivity contribution in [1.82, 2.24) is 0 Å². The van der Waals surface area contributed by atoms with Gasteiger partial charge in [-0.2, -0.15) is 0 Å². The van der Waals surface area contributed by atoms with Gasteiger partial charge in [0.25, 0.3) is 0 Å². The zero-order chi connectivity index (χ0) is 15.3. The molecule has 1 saturated carbocycles. The first-order chi connectivity index (χ1) is 9.93. The molecule has 1 nitrogen and oxygen atoms in total. The molecule has 4 aliphatic rings. The second kappa shape index (κ2) is 6.50. The van der Waals surface area contributed by atoms with Crippen molar-refractivity contribution in [2.45, 2.75) is 47.1 Å². The summed E-state index contributed by atoms with van der Waals surface area (Å²) in [6.07, 6.45) is 8.90. The van der Waals surface area contributed by atoms with Gasteiger partial charge in [0, 0.05) is 16.8 Å². The van der Waals surface area contributed by atoms with E-state index in [0.717, 1.165) is 12.0 Å². The van der Waals surface area contributed by atoms with Crippen LogP contribution in [0.4, 0.5) is 0 Å². The summed E-state index contributed by atoms with van der Waals surface area (Å²) >= 11 is 0. The van der Waals surface area contributed by atoms with E-state index < -0.39 is 0 Å². The molecular weight excluding hydrogens is 315 g/mol. The van der Waals surface area contributed by atoms with E-state index in [-0.39, 0.29) is 22.9 Å². The summed E-state index contributed by atoms with van der Waals surface area (Å²) in [6, 6.07) is 0. The second-order valence-corrected chi connectivity index (χ2v) is 6.26. The fourth-order valence-electron chi connectivity index (χ4n) is 3.46. The number of aliphatic hydroxyl groups is 1. The predicted molar refractivity (Wildman–Crippen MR) is 87.5 cm³/mol. The minimum atomic E-state index is -0.327. The summed E-state index contributed by atoms with van der Waals surface area (Å²) in [6.45, 7) is 11.0. The number of hydrogen-bond donors (Lipinski definition) is 1. The molecule has 0 aromatic rings. The summed E-state index contributed by atoms with van der Waals surface area (Å²) in [7, 11) is 0. The molecule has 0 spiro atoms. The third kappa shape index (κ3) is 2.59. The fraction of sp³-hybridized carbons (Fsp3) is 0.350. The van der Waals surface area contributed by atoms with Crippen LogP contribution in [-0.4, -0.2) is 11.2 Å². The van der Waals surface area contributed by atoms with Gasteiger partial charge in [-0.25, -0.2) is 0 Å². The van der Waals surface area contributed by atoms with Crippen LogP contribution in [0.1, 0.15) is 41.0 Å². The molecule has 0 saturated heterocycles. The Kier molecular flexibility index (Phi) is 5.26. The van der Waals surface area contributed by atoms with E-state index in [1.807, 2.05) is 12.2 Å². The summed E-state index contributed by atoms with van der Waals surface area (Å²) in [5, 5.41) is 9.45. The minimum absolute atomic E-state index is 0. The Morgan fingerprint density at radius 2 is 1.32 bits per heavy atom. The maximum Gasteiger partial charge on any atom is 0.0986 e. The zero-order valence-electron chi connectivity index (χ0n) is 13.9. The van der Waals surface area contributed by atoms with Gasteiger partial charge >= 0.3 is 0 Å². The van der Waals surface area contributed by atoms with E-state index in [9.17, 15) is 5.11 Å². The first kappa shape index (κ1) is 17.8. The molecule has 1 N–H and O–H groups in total. The van der Waals surface area contributed by atoms with Crippen molar-refractivity contribution in [2.24, 2.45) is 0 Å². The molecule has 4 rings (SSSR count). The predicted octanol–water partition coefficient (Wildman–Crippen LogP) is 4.45. The first-order valence-corrected chi connectivity index (χ1v) is 7.64. The largest absolute Gasteiger partial charge is 0.384 e. The van der Waals surface area contributed by atoms with Crippen LogP contribution in [-0.2, 0) is 16.8 Å². The molecule has 0 heterocycles. The van der Waals surface area contributed by atoms with Crippen molar-refractivity contribution >= 4 is 0 Å². The van der Waals surface area contributed by atoms with Crippen molar-refractivity contribution in [2.75, 3.05) is 0 Å². The Morgan fingerprint density at radius 1 is 0.818 bits per heavy atom. The quantitative estimate of drug-likeness (QED) is 0.692. The molecule has 0 aromatic carbocycles. The van der Waals surface area contributed by atoms with E-state index in [0.29, 0.717) is 0 Å². The molecule has 2 heteroatoms. The van der Waals surface area contributed by atoms with Crippen LogP contribution in [0.3, 0.4) is 0 Å². The average Bonchev–Trinajstić information content (AvgIpc) is 3.05. The van der Waals surface area contributed by atoms with Gasteiger partial charge in [-0.1, -0.05) is 58.9 Å². The molecule has 0 aliphatic heterocycles. The second-order valence-electron chi connectivity index (χ2n) is 6.26. The minimum Gasteiger partial charge on any atom is -0.384 e. The van der Waals surface area contributed by atoms with Crippen molar-refractivity contribution in [3.05, 3.63) is 76.2 Å². The number of fused-ring (bicyclic) bond motifs is 2. The zero-order valence-corrected chi connectivity index (χ0v) is 14.9. The molecule has 0 aromatic heterocycles. The normalized spacial score (nSPS) is 28.5. The Hall–Kier alpha value is -0.574. The van der Waals surface area contributed by atoms with Gasteiger partial charge < -0.3 is 5.11 Å². The number of aliphatic hydroxyl groups excluding tert-OH is 1. The summed E-state index contributed by atoms with van der Waals surface area (Å²) < 4.78 is 0. The van der Waals surface area contributed by atoms with E-state index in [4.69, 9.17) is 0 Å². The maximum atomic E-state index is 9.45. The fourth-order valence-corrected chi connectivity index (χ4v) is 3.46. The van der Waals surface area contributed by atoms with Gasteiger partial charge in [0.15, 0.2) is 0 Å². The Bertz CT molecular complexity index is 521. The molecule has 1 atom stereocenters. The smallest absolute Gasteiger partial charge is 0.0986 e. The van der Waals surface area contributed by atoms with Crippen LogP contribution >= 0.6 is 0 Å². The molecule has 0 amide bonds. The molecular formula is C20H23CoO. The van der Waals surface area contributed by atoms with Gasteiger partial charge in [0.1, 0.15) is 0 Å². The molecule has 0 bridgehead atoms. The Balaban J connectivity index is 0.000000154. The van der Waals surface area contributed by atoms with Crippen LogP contribution in [0, 0.1) is 29.6 Å². The van der Waals surface area contributed by atoms with Crippen molar-refractivity contribution < 1.29 is 21.9 Å². The topological polar surface area (TPSA) is 20.2 Å². The average molecular weight is 338 g/mol. The standard InChI is InChI=1S/C10H8O.C10H15.Co/c11-9-5-4-8-6-2-1-3-7(6)10(8)9;1-6-7(2)9(4)10(5)8(6)3;/h1,3-5,9,11H,2H2;1-5H3;. The van der Waals surface area contributed by atoms with E-state index >= 15 is 0 Å². The van der Waals surface area contributed by atoms with Gasteiger partial charge in [0.2, 0.25) is 0 Å². The van der Waals surface area contributed by atoms with Crippen LogP contribution < -0.4 is 0 Å². The van der Waals surface area contributed by atoms with Gasteiger partial charge in [-0.05, 0) is 58.3 Å². The van der Waals surface area contributed by atoms with Crippen LogP contribution in [0.25, 0.3) is 0 Å². The van der Waals surface area contributed by atoms with Crippen LogP contribution in [0.15, 0.2) is 46.6 Å².